The molecule has 0 aliphatic heterocycles. The van der Waals surface area contributed by atoms with Crippen molar-refractivity contribution in [1.82, 2.24) is 0 Å². The first-order valence-electron chi connectivity index (χ1n) is 3.57. The Kier molecular flexibility index (Phi) is 2.03. The molecule has 1 rings (SSSR count). The van der Waals surface area contributed by atoms with Gasteiger partial charge in [-0.3, -0.25) is 0 Å². The van der Waals surface area contributed by atoms with E-state index in [1.807, 2.05) is 26.8 Å². The van der Waals surface area contributed by atoms with E-state index in [2.05, 4.69) is 5.18 Å². The van der Waals surface area contributed by atoms with Crippen molar-refractivity contribution < 1.29 is 0 Å². The molecule has 0 N–H and O–H groups in total. The molecule has 0 aliphatic rings. The van der Waals surface area contributed by atoms with Crippen molar-refractivity contribution in [2.75, 3.05) is 0 Å². The van der Waals surface area contributed by atoms with E-state index >= 15 is 0 Å². The van der Waals surface area contributed by atoms with Crippen molar-refractivity contribution in [3.05, 3.63) is 33.7 Å². The maximum Gasteiger partial charge on any atom is 0.111 e. The van der Waals surface area contributed by atoms with Gasteiger partial charge in [-0.2, -0.15) is 0 Å². The van der Waals surface area contributed by atoms with Gasteiger partial charge in [-0.1, -0.05) is 6.07 Å². The minimum Gasteiger partial charge on any atom is -0.145 e. The lowest BCUT2D eigenvalue weighted by Gasteiger charge is -2.04. The van der Waals surface area contributed by atoms with Gasteiger partial charge in [0, 0.05) is 0 Å². The Hall–Kier alpha value is -1.18. The zero-order valence-corrected chi connectivity index (χ0v) is 7.01. The predicted molar refractivity (Wildman–Crippen MR) is 46.1 cm³/mol. The molecule has 0 atom stereocenters. The number of nitrogens with zero attached hydrogens (tertiary/aromatic N) is 1. The molecule has 0 aromatic heterocycles. The van der Waals surface area contributed by atoms with E-state index in [1.54, 1.807) is 6.07 Å². The first kappa shape index (κ1) is 7.92. The SMILES string of the molecule is Cc1ccc(N=O)c(C)c1C. The third-order valence-electron chi connectivity index (χ3n) is 2.13. The molecule has 0 amide bonds. The highest BCUT2D eigenvalue weighted by Crippen LogP contribution is 2.23. The minimum atomic E-state index is 0.549. The third-order valence-corrected chi connectivity index (χ3v) is 2.13. The van der Waals surface area contributed by atoms with Crippen LogP contribution >= 0.6 is 0 Å². The lowest BCUT2D eigenvalue weighted by Crippen LogP contribution is -1.85. The summed E-state index contributed by atoms with van der Waals surface area (Å²) < 4.78 is 0. The fourth-order valence-corrected chi connectivity index (χ4v) is 1.04. The van der Waals surface area contributed by atoms with Crippen molar-refractivity contribution >= 4 is 5.69 Å². The van der Waals surface area contributed by atoms with Gasteiger partial charge in [-0.25, -0.2) is 0 Å². The first-order valence-corrected chi connectivity index (χ1v) is 3.57. The van der Waals surface area contributed by atoms with Crippen LogP contribution in [0, 0.1) is 25.7 Å². The predicted octanol–water partition coefficient (Wildman–Crippen LogP) is 3.01. The summed E-state index contributed by atoms with van der Waals surface area (Å²) in [6.07, 6.45) is 0. The fraction of sp³-hybridized carbons (Fsp3) is 0.333. The molecule has 0 heterocycles. The Morgan fingerprint density at radius 1 is 1.09 bits per heavy atom. The van der Waals surface area contributed by atoms with Gasteiger partial charge in [-0.05, 0) is 48.7 Å². The molecule has 2 heteroatoms. The Balaban J connectivity index is 3.36. The van der Waals surface area contributed by atoms with Crippen LogP contribution in [-0.2, 0) is 0 Å². The van der Waals surface area contributed by atoms with Crippen molar-refractivity contribution in [3.8, 4) is 0 Å². The molecular weight excluding hydrogens is 138 g/mol. The van der Waals surface area contributed by atoms with Crippen LogP contribution in [0.15, 0.2) is 17.3 Å². The second-order valence-electron chi connectivity index (χ2n) is 2.74. The van der Waals surface area contributed by atoms with Crippen molar-refractivity contribution in [3.63, 3.8) is 0 Å². The minimum absolute atomic E-state index is 0.549. The summed E-state index contributed by atoms with van der Waals surface area (Å²) in [4.78, 5) is 10.2. The Morgan fingerprint density at radius 2 is 1.73 bits per heavy atom. The molecule has 1 aromatic rings. The van der Waals surface area contributed by atoms with Gasteiger partial charge >= 0.3 is 0 Å². The van der Waals surface area contributed by atoms with Gasteiger partial charge < -0.3 is 0 Å². The molecule has 0 aliphatic carbocycles. The summed E-state index contributed by atoms with van der Waals surface area (Å²) in [6.45, 7) is 5.94. The summed E-state index contributed by atoms with van der Waals surface area (Å²) in [5, 5.41) is 2.92. The van der Waals surface area contributed by atoms with Gasteiger partial charge in [0.25, 0.3) is 0 Å². The average molecular weight is 149 g/mol. The number of aryl methyl sites for hydroxylation is 1. The van der Waals surface area contributed by atoms with E-state index in [-0.39, 0.29) is 0 Å². The van der Waals surface area contributed by atoms with Gasteiger partial charge in [0.15, 0.2) is 0 Å². The van der Waals surface area contributed by atoms with Gasteiger partial charge in [0.05, 0.1) is 0 Å². The van der Waals surface area contributed by atoms with Crippen LogP contribution in [-0.4, -0.2) is 0 Å². The van der Waals surface area contributed by atoms with Crippen LogP contribution in [0.2, 0.25) is 0 Å². The number of rotatable bonds is 1. The maximum atomic E-state index is 10.2. The van der Waals surface area contributed by atoms with E-state index in [9.17, 15) is 4.91 Å². The average Bonchev–Trinajstić information content (AvgIpc) is 2.01. The Bertz CT molecular complexity index is 292. The molecule has 11 heavy (non-hydrogen) atoms. The zero-order chi connectivity index (χ0) is 8.43. The smallest absolute Gasteiger partial charge is 0.111 e. The second kappa shape index (κ2) is 2.82. The summed E-state index contributed by atoms with van der Waals surface area (Å²) in [5.41, 5.74) is 3.89. The maximum absolute atomic E-state index is 10.2. The molecule has 0 unspecified atom stereocenters. The second-order valence-corrected chi connectivity index (χ2v) is 2.74. The number of hydrogen-bond donors (Lipinski definition) is 0. The van der Waals surface area contributed by atoms with Crippen molar-refractivity contribution in [1.29, 1.82) is 0 Å². The van der Waals surface area contributed by atoms with E-state index in [1.165, 1.54) is 5.56 Å². The summed E-state index contributed by atoms with van der Waals surface area (Å²) in [6, 6.07) is 3.67. The quantitative estimate of drug-likeness (QED) is 0.564. The van der Waals surface area contributed by atoms with E-state index in [4.69, 9.17) is 0 Å². The van der Waals surface area contributed by atoms with Crippen molar-refractivity contribution in [2.45, 2.75) is 20.8 Å². The first-order chi connectivity index (χ1) is 5.16. The number of hydrogen-bond acceptors (Lipinski definition) is 2. The molecule has 0 fully saturated rings. The number of nitroso groups, excluding NO2 is 1. The lowest BCUT2D eigenvalue weighted by atomic mass is 10.0. The van der Waals surface area contributed by atoms with Crippen LogP contribution in [0.4, 0.5) is 5.69 Å². The van der Waals surface area contributed by atoms with E-state index < -0.39 is 0 Å². The van der Waals surface area contributed by atoms with Crippen LogP contribution in [0.1, 0.15) is 16.7 Å². The normalized spacial score (nSPS) is 9.73. The van der Waals surface area contributed by atoms with Gasteiger partial charge in [0.2, 0.25) is 0 Å². The summed E-state index contributed by atoms with van der Waals surface area (Å²) in [5.74, 6) is 0. The highest BCUT2D eigenvalue weighted by Gasteiger charge is 2.02. The molecular formula is C9H11NO. The van der Waals surface area contributed by atoms with Crippen molar-refractivity contribution in [2.24, 2.45) is 5.18 Å². The molecule has 58 valence electrons. The standard InChI is InChI=1S/C9H11NO/c1-6-4-5-9(10-11)8(3)7(6)2/h4-5H,1-3H3. The summed E-state index contributed by atoms with van der Waals surface area (Å²) >= 11 is 0. The highest BCUT2D eigenvalue weighted by atomic mass is 16.3. The molecule has 0 saturated carbocycles. The largest absolute Gasteiger partial charge is 0.145 e. The van der Waals surface area contributed by atoms with E-state index in [0.717, 1.165) is 11.1 Å². The zero-order valence-electron chi connectivity index (χ0n) is 7.01. The number of benzene rings is 1. The highest BCUT2D eigenvalue weighted by molar-refractivity contribution is 5.51. The lowest BCUT2D eigenvalue weighted by molar-refractivity contribution is 1.25. The monoisotopic (exact) mass is 149 g/mol. The molecule has 0 radical (unpaired) electrons. The van der Waals surface area contributed by atoms with Crippen LogP contribution in [0.3, 0.4) is 0 Å². The van der Waals surface area contributed by atoms with Crippen LogP contribution in [0.25, 0.3) is 0 Å². The molecule has 0 spiro atoms. The van der Waals surface area contributed by atoms with Crippen LogP contribution in [0.5, 0.6) is 0 Å². The molecule has 1 aromatic carbocycles. The van der Waals surface area contributed by atoms with Gasteiger partial charge in [0.1, 0.15) is 5.69 Å². The van der Waals surface area contributed by atoms with Gasteiger partial charge in [-0.15, -0.1) is 4.91 Å². The third kappa shape index (κ3) is 1.29. The molecule has 0 bridgehead atoms. The topological polar surface area (TPSA) is 29.4 Å². The Labute approximate surface area is 66.2 Å². The Morgan fingerprint density at radius 3 is 2.27 bits per heavy atom. The molecule has 2 nitrogen and oxygen atoms in total. The fourth-order valence-electron chi connectivity index (χ4n) is 1.04. The molecule has 0 saturated heterocycles. The summed E-state index contributed by atoms with van der Waals surface area (Å²) in [7, 11) is 0. The van der Waals surface area contributed by atoms with Crippen LogP contribution < -0.4 is 0 Å². The van der Waals surface area contributed by atoms with E-state index in [0.29, 0.717) is 5.69 Å².